The predicted molar refractivity (Wildman–Crippen MR) is 108 cm³/mol. The van der Waals surface area contributed by atoms with Crippen molar-refractivity contribution in [1.29, 1.82) is 0 Å². The zero-order valence-corrected chi connectivity index (χ0v) is 16.7. The third kappa shape index (κ3) is 5.56. The van der Waals surface area contributed by atoms with E-state index in [0.29, 0.717) is 12.0 Å². The van der Waals surface area contributed by atoms with E-state index in [0.717, 1.165) is 35.1 Å². The van der Waals surface area contributed by atoms with E-state index in [1.165, 1.54) is 0 Å². The highest BCUT2D eigenvalue weighted by Crippen LogP contribution is 2.26. The van der Waals surface area contributed by atoms with Gasteiger partial charge in [-0.3, -0.25) is 0 Å². The molecule has 3 rings (SSSR count). The number of hydrogen-bond acceptors (Lipinski definition) is 4. The van der Waals surface area contributed by atoms with Gasteiger partial charge in [0.05, 0.1) is 5.56 Å². The number of esters is 2. The SMILES string of the molecule is CC(C)(C)OC(=O)/C=C1\CCc2cc(C(=O)OCc3ccccc3)ccc2C1. The molecule has 0 saturated carbocycles. The lowest BCUT2D eigenvalue weighted by Crippen LogP contribution is -2.23. The van der Waals surface area contributed by atoms with Gasteiger partial charge in [0.2, 0.25) is 0 Å². The number of allylic oxidation sites excluding steroid dienone is 1. The van der Waals surface area contributed by atoms with E-state index in [-0.39, 0.29) is 18.5 Å². The summed E-state index contributed by atoms with van der Waals surface area (Å²) < 4.78 is 10.8. The van der Waals surface area contributed by atoms with Gasteiger partial charge in [-0.25, -0.2) is 9.59 Å². The first kappa shape index (κ1) is 19.9. The Morgan fingerprint density at radius 3 is 2.46 bits per heavy atom. The van der Waals surface area contributed by atoms with Crippen molar-refractivity contribution in [3.63, 3.8) is 0 Å². The summed E-state index contributed by atoms with van der Waals surface area (Å²) >= 11 is 0. The van der Waals surface area contributed by atoms with Crippen molar-refractivity contribution in [1.82, 2.24) is 0 Å². The summed E-state index contributed by atoms with van der Waals surface area (Å²) in [6.07, 6.45) is 3.89. The first-order valence-corrected chi connectivity index (χ1v) is 9.55. The molecule has 0 radical (unpaired) electrons. The number of carbonyl (C=O) groups is 2. The molecule has 0 heterocycles. The van der Waals surface area contributed by atoms with Gasteiger partial charge in [-0.1, -0.05) is 42.0 Å². The molecule has 0 atom stereocenters. The van der Waals surface area contributed by atoms with Gasteiger partial charge >= 0.3 is 11.9 Å². The maximum atomic E-state index is 12.4. The van der Waals surface area contributed by atoms with Crippen LogP contribution in [0.2, 0.25) is 0 Å². The van der Waals surface area contributed by atoms with Crippen LogP contribution in [0.4, 0.5) is 0 Å². The number of benzene rings is 2. The van der Waals surface area contributed by atoms with Crippen molar-refractivity contribution in [3.05, 3.63) is 82.4 Å². The van der Waals surface area contributed by atoms with E-state index in [2.05, 4.69) is 0 Å². The van der Waals surface area contributed by atoms with Crippen molar-refractivity contribution in [3.8, 4) is 0 Å². The highest BCUT2D eigenvalue weighted by atomic mass is 16.6. The van der Waals surface area contributed by atoms with Crippen LogP contribution in [0.15, 0.2) is 60.2 Å². The highest BCUT2D eigenvalue weighted by molar-refractivity contribution is 5.90. The second kappa shape index (κ2) is 8.42. The fraction of sp³-hybridized carbons (Fsp3) is 0.333. The third-order valence-electron chi connectivity index (χ3n) is 4.52. The molecular formula is C24H26O4. The molecule has 0 unspecified atom stereocenters. The molecule has 0 aromatic heterocycles. The summed E-state index contributed by atoms with van der Waals surface area (Å²) in [5.41, 5.74) is 4.37. The van der Waals surface area contributed by atoms with Crippen LogP contribution in [0.5, 0.6) is 0 Å². The van der Waals surface area contributed by atoms with Gasteiger partial charge < -0.3 is 9.47 Å². The van der Waals surface area contributed by atoms with Gasteiger partial charge in [0.15, 0.2) is 0 Å². The van der Waals surface area contributed by atoms with E-state index in [1.54, 1.807) is 12.1 Å². The first-order chi connectivity index (χ1) is 13.3. The second-order valence-corrected chi connectivity index (χ2v) is 8.06. The van der Waals surface area contributed by atoms with Gasteiger partial charge in [-0.15, -0.1) is 0 Å². The van der Waals surface area contributed by atoms with Crippen LogP contribution in [0.3, 0.4) is 0 Å². The molecule has 0 bridgehead atoms. The number of fused-ring (bicyclic) bond motifs is 1. The Hall–Kier alpha value is -2.88. The molecule has 0 saturated heterocycles. The van der Waals surface area contributed by atoms with Crippen molar-refractivity contribution >= 4 is 11.9 Å². The molecule has 4 nitrogen and oxygen atoms in total. The predicted octanol–water partition coefficient (Wildman–Crippen LogP) is 4.80. The minimum Gasteiger partial charge on any atom is -0.457 e. The molecule has 28 heavy (non-hydrogen) atoms. The first-order valence-electron chi connectivity index (χ1n) is 9.55. The maximum Gasteiger partial charge on any atom is 0.338 e. The zero-order chi connectivity index (χ0) is 20.1. The van der Waals surface area contributed by atoms with Crippen molar-refractivity contribution in [2.75, 3.05) is 0 Å². The maximum absolute atomic E-state index is 12.4. The molecule has 0 spiro atoms. The molecule has 0 amide bonds. The number of aryl methyl sites for hydroxylation is 1. The summed E-state index contributed by atoms with van der Waals surface area (Å²) in [5.74, 6) is -0.617. The van der Waals surface area contributed by atoms with Crippen LogP contribution < -0.4 is 0 Å². The molecule has 2 aromatic carbocycles. The van der Waals surface area contributed by atoms with Crippen molar-refractivity contribution in [2.45, 2.75) is 52.2 Å². The minimum absolute atomic E-state index is 0.263. The summed E-state index contributed by atoms with van der Waals surface area (Å²) in [5, 5.41) is 0. The van der Waals surface area contributed by atoms with Gasteiger partial charge in [0.25, 0.3) is 0 Å². The number of carbonyl (C=O) groups excluding carboxylic acids is 2. The lowest BCUT2D eigenvalue weighted by atomic mass is 9.87. The Labute approximate surface area is 166 Å². The highest BCUT2D eigenvalue weighted by Gasteiger charge is 2.19. The molecular weight excluding hydrogens is 352 g/mol. The van der Waals surface area contributed by atoms with Gasteiger partial charge in [-0.2, -0.15) is 0 Å². The Kier molecular flexibility index (Phi) is 5.98. The van der Waals surface area contributed by atoms with Crippen molar-refractivity contribution in [2.24, 2.45) is 0 Å². The molecule has 1 aliphatic rings. The topological polar surface area (TPSA) is 52.6 Å². The van der Waals surface area contributed by atoms with Crippen LogP contribution in [-0.2, 0) is 33.7 Å². The van der Waals surface area contributed by atoms with E-state index in [4.69, 9.17) is 9.47 Å². The summed E-state index contributed by atoms with van der Waals surface area (Å²) in [6.45, 7) is 5.84. The molecule has 0 N–H and O–H groups in total. The standard InChI is InChI=1S/C24H26O4/c1-24(2,3)28-22(25)14-18-9-10-20-15-21(12-11-19(20)13-18)23(26)27-16-17-7-5-4-6-8-17/h4-8,11-12,14-15H,9-10,13,16H2,1-3H3/b18-14+. The number of hydrogen-bond donors (Lipinski definition) is 0. The van der Waals surface area contributed by atoms with Crippen LogP contribution in [-0.4, -0.2) is 17.5 Å². The third-order valence-corrected chi connectivity index (χ3v) is 4.52. The van der Waals surface area contributed by atoms with Crippen LogP contribution in [0, 0.1) is 0 Å². The molecule has 0 aliphatic heterocycles. The quantitative estimate of drug-likeness (QED) is 0.566. The Morgan fingerprint density at radius 1 is 1.00 bits per heavy atom. The normalized spacial score (nSPS) is 15.0. The summed E-state index contributed by atoms with van der Waals surface area (Å²) in [4.78, 5) is 24.4. The van der Waals surface area contributed by atoms with Crippen LogP contribution in [0.25, 0.3) is 0 Å². The smallest absolute Gasteiger partial charge is 0.338 e. The second-order valence-electron chi connectivity index (χ2n) is 8.06. The average Bonchev–Trinajstić information content (AvgIpc) is 2.65. The van der Waals surface area contributed by atoms with Gasteiger partial charge in [-0.05, 0) is 68.9 Å². The average molecular weight is 378 g/mol. The molecule has 1 aliphatic carbocycles. The summed E-state index contributed by atoms with van der Waals surface area (Å²) in [6, 6.07) is 15.3. The molecule has 0 fully saturated rings. The fourth-order valence-corrected chi connectivity index (χ4v) is 3.21. The van der Waals surface area contributed by atoms with E-state index >= 15 is 0 Å². The van der Waals surface area contributed by atoms with Gasteiger partial charge in [0.1, 0.15) is 12.2 Å². The van der Waals surface area contributed by atoms with E-state index in [1.807, 2.05) is 63.2 Å². The fourth-order valence-electron chi connectivity index (χ4n) is 3.21. The van der Waals surface area contributed by atoms with Crippen LogP contribution >= 0.6 is 0 Å². The van der Waals surface area contributed by atoms with Crippen LogP contribution in [0.1, 0.15) is 54.2 Å². The monoisotopic (exact) mass is 378 g/mol. The number of rotatable bonds is 4. The molecule has 146 valence electrons. The lowest BCUT2D eigenvalue weighted by Gasteiger charge is -2.21. The number of ether oxygens (including phenoxy) is 2. The van der Waals surface area contributed by atoms with E-state index in [9.17, 15) is 9.59 Å². The van der Waals surface area contributed by atoms with E-state index < -0.39 is 5.60 Å². The Morgan fingerprint density at radius 2 is 1.75 bits per heavy atom. The molecule has 4 heteroatoms. The minimum atomic E-state index is -0.490. The lowest BCUT2D eigenvalue weighted by molar-refractivity contribution is -0.148. The molecule has 2 aromatic rings. The Balaban J connectivity index is 1.63. The van der Waals surface area contributed by atoms with Crippen molar-refractivity contribution < 1.29 is 19.1 Å². The largest absolute Gasteiger partial charge is 0.457 e. The summed E-state index contributed by atoms with van der Waals surface area (Å²) in [7, 11) is 0. The van der Waals surface area contributed by atoms with Gasteiger partial charge in [0, 0.05) is 6.08 Å². The zero-order valence-electron chi connectivity index (χ0n) is 16.7. The Bertz CT molecular complexity index is 889.